The van der Waals surface area contributed by atoms with E-state index in [4.69, 9.17) is 19.6 Å². The maximum absolute atomic E-state index is 5.68. The maximum Gasteiger partial charge on any atom is 0.166 e. The molecule has 0 saturated carbocycles. The zero-order valence-electron chi connectivity index (χ0n) is 15.5. The first-order valence-corrected chi connectivity index (χ1v) is 9.77. The minimum absolute atomic E-state index is 0.596. The minimum atomic E-state index is 0.596. The third-order valence-corrected chi connectivity index (χ3v) is 5.90. The molecular weight excluding hydrogens is 360 g/mol. The van der Waals surface area contributed by atoms with Crippen molar-refractivity contribution in [2.75, 3.05) is 18.5 Å². The summed E-state index contributed by atoms with van der Waals surface area (Å²) >= 11 is 1.69. The van der Waals surface area contributed by atoms with E-state index in [2.05, 4.69) is 24.4 Å². The number of pyridine rings is 1. The van der Waals surface area contributed by atoms with Gasteiger partial charge in [-0.1, -0.05) is 6.07 Å². The van der Waals surface area contributed by atoms with E-state index < -0.39 is 0 Å². The molecule has 7 heteroatoms. The molecule has 0 radical (unpaired) electrons. The van der Waals surface area contributed by atoms with Gasteiger partial charge in [-0.05, 0) is 43.2 Å². The summed E-state index contributed by atoms with van der Waals surface area (Å²) in [6, 6.07) is 8.18. The van der Waals surface area contributed by atoms with E-state index in [9.17, 15) is 0 Å². The second-order valence-corrected chi connectivity index (χ2v) is 7.84. The molecule has 6 nitrogen and oxygen atoms in total. The van der Waals surface area contributed by atoms with Gasteiger partial charge >= 0.3 is 0 Å². The highest BCUT2D eigenvalue weighted by Crippen LogP contribution is 2.39. The van der Waals surface area contributed by atoms with E-state index in [0.29, 0.717) is 19.8 Å². The molecule has 0 unspecified atom stereocenters. The number of aryl methyl sites for hydroxylation is 3. The molecule has 4 aromatic rings. The van der Waals surface area contributed by atoms with Gasteiger partial charge in [-0.25, -0.2) is 4.98 Å². The smallest absolute Gasteiger partial charge is 0.166 e. The summed E-state index contributed by atoms with van der Waals surface area (Å²) in [5.74, 6) is 2.51. The Morgan fingerprint density at radius 3 is 2.81 bits per heavy atom. The SMILES string of the molecule is Cc1cc(C)c2c(n1)sc1c(NCc3ccc4c(c3)OCCO4)nn(C)c12. The van der Waals surface area contributed by atoms with Crippen molar-refractivity contribution in [2.45, 2.75) is 20.4 Å². The van der Waals surface area contributed by atoms with Crippen molar-refractivity contribution in [3.8, 4) is 11.5 Å². The van der Waals surface area contributed by atoms with Crippen LogP contribution in [0.3, 0.4) is 0 Å². The number of nitrogens with zero attached hydrogens (tertiary/aromatic N) is 3. The monoisotopic (exact) mass is 380 g/mol. The van der Waals surface area contributed by atoms with Crippen LogP contribution in [-0.4, -0.2) is 28.0 Å². The molecule has 0 atom stereocenters. The molecule has 0 fully saturated rings. The molecular formula is C20H20N4O2S. The Labute approximate surface area is 160 Å². The quantitative estimate of drug-likeness (QED) is 0.578. The Balaban J connectivity index is 1.49. The van der Waals surface area contributed by atoms with Gasteiger partial charge in [0.2, 0.25) is 0 Å². The zero-order valence-corrected chi connectivity index (χ0v) is 16.3. The molecule has 1 aliphatic rings. The molecule has 0 saturated heterocycles. The van der Waals surface area contributed by atoms with E-state index in [-0.39, 0.29) is 0 Å². The summed E-state index contributed by atoms with van der Waals surface area (Å²) < 4.78 is 14.4. The largest absolute Gasteiger partial charge is 0.486 e. The van der Waals surface area contributed by atoms with Crippen LogP contribution in [-0.2, 0) is 13.6 Å². The summed E-state index contributed by atoms with van der Waals surface area (Å²) in [7, 11) is 1.99. The van der Waals surface area contributed by atoms with Crippen molar-refractivity contribution in [3.63, 3.8) is 0 Å². The fourth-order valence-electron chi connectivity index (χ4n) is 3.64. The van der Waals surface area contributed by atoms with Gasteiger partial charge in [0.15, 0.2) is 17.3 Å². The molecule has 138 valence electrons. The van der Waals surface area contributed by atoms with Gasteiger partial charge in [0.25, 0.3) is 0 Å². The van der Waals surface area contributed by atoms with Crippen LogP contribution in [0.25, 0.3) is 20.4 Å². The van der Waals surface area contributed by atoms with E-state index in [1.54, 1.807) is 11.3 Å². The Morgan fingerprint density at radius 2 is 1.96 bits per heavy atom. The van der Waals surface area contributed by atoms with E-state index in [1.807, 2.05) is 30.8 Å². The van der Waals surface area contributed by atoms with Gasteiger partial charge < -0.3 is 14.8 Å². The standard InChI is InChI=1S/C20H20N4O2S/c1-11-8-12(2)22-20-16(11)17-18(27-20)19(23-24(17)3)21-10-13-4-5-14-15(9-13)26-7-6-25-14/h4-5,8-9H,6-7,10H2,1-3H3,(H,21,23). The minimum Gasteiger partial charge on any atom is -0.486 e. The number of ether oxygens (including phenoxy) is 2. The van der Waals surface area contributed by atoms with Gasteiger partial charge in [0, 0.05) is 24.7 Å². The van der Waals surface area contributed by atoms with Crippen LogP contribution in [0.4, 0.5) is 5.82 Å². The Kier molecular flexibility index (Phi) is 3.72. The van der Waals surface area contributed by atoms with Crippen molar-refractivity contribution < 1.29 is 9.47 Å². The van der Waals surface area contributed by atoms with Gasteiger partial charge in [-0.2, -0.15) is 5.10 Å². The van der Waals surface area contributed by atoms with Gasteiger partial charge in [0.1, 0.15) is 18.0 Å². The first-order chi connectivity index (χ1) is 13.1. The number of nitrogens with one attached hydrogen (secondary N) is 1. The Hall–Kier alpha value is -2.80. The fraction of sp³-hybridized carbons (Fsp3) is 0.300. The lowest BCUT2D eigenvalue weighted by Crippen LogP contribution is -2.15. The van der Waals surface area contributed by atoms with E-state index >= 15 is 0 Å². The average molecular weight is 380 g/mol. The van der Waals surface area contributed by atoms with Crippen LogP contribution in [0.1, 0.15) is 16.8 Å². The number of thiophene rings is 1. The van der Waals surface area contributed by atoms with Crippen molar-refractivity contribution >= 4 is 37.6 Å². The number of rotatable bonds is 3. The summed E-state index contributed by atoms with van der Waals surface area (Å²) in [5, 5.41) is 9.38. The highest BCUT2D eigenvalue weighted by Gasteiger charge is 2.18. The van der Waals surface area contributed by atoms with Crippen molar-refractivity contribution in [1.82, 2.24) is 14.8 Å². The van der Waals surface area contributed by atoms with Crippen LogP contribution in [0, 0.1) is 13.8 Å². The molecule has 5 rings (SSSR count). The molecule has 0 bridgehead atoms. The topological polar surface area (TPSA) is 61.2 Å². The normalized spacial score (nSPS) is 13.4. The lowest BCUT2D eigenvalue weighted by molar-refractivity contribution is 0.171. The first kappa shape index (κ1) is 16.4. The lowest BCUT2D eigenvalue weighted by atomic mass is 10.1. The van der Waals surface area contributed by atoms with E-state index in [0.717, 1.165) is 43.6 Å². The second kappa shape index (κ2) is 6.13. The van der Waals surface area contributed by atoms with Crippen molar-refractivity contribution in [3.05, 3.63) is 41.1 Å². The number of hydrogen-bond donors (Lipinski definition) is 1. The van der Waals surface area contributed by atoms with Crippen LogP contribution >= 0.6 is 11.3 Å². The highest BCUT2D eigenvalue weighted by atomic mass is 32.1. The molecule has 3 aromatic heterocycles. The molecule has 1 N–H and O–H groups in total. The second-order valence-electron chi connectivity index (χ2n) is 6.84. The van der Waals surface area contributed by atoms with Crippen LogP contribution in [0.2, 0.25) is 0 Å². The molecule has 27 heavy (non-hydrogen) atoms. The summed E-state index contributed by atoms with van der Waals surface area (Å²) in [6.07, 6.45) is 0. The van der Waals surface area contributed by atoms with Crippen LogP contribution in [0.5, 0.6) is 11.5 Å². The third-order valence-electron chi connectivity index (χ3n) is 4.82. The number of fused-ring (bicyclic) bond motifs is 4. The van der Waals surface area contributed by atoms with Crippen molar-refractivity contribution in [1.29, 1.82) is 0 Å². The number of hydrogen-bond acceptors (Lipinski definition) is 6. The van der Waals surface area contributed by atoms with E-state index in [1.165, 1.54) is 10.9 Å². The molecule has 0 aliphatic carbocycles. The molecule has 0 spiro atoms. The number of benzene rings is 1. The predicted octanol–water partition coefficient (Wildman–Crippen LogP) is 4.18. The van der Waals surface area contributed by atoms with Gasteiger partial charge in [0.05, 0.1) is 10.2 Å². The van der Waals surface area contributed by atoms with Crippen LogP contribution < -0.4 is 14.8 Å². The summed E-state index contributed by atoms with van der Waals surface area (Å²) in [4.78, 5) is 5.78. The fourth-order valence-corrected chi connectivity index (χ4v) is 4.92. The summed E-state index contributed by atoms with van der Waals surface area (Å²) in [6.45, 7) is 6.05. The maximum atomic E-state index is 5.68. The lowest BCUT2D eigenvalue weighted by Gasteiger charge is -2.18. The Morgan fingerprint density at radius 1 is 1.15 bits per heavy atom. The molecule has 1 aromatic carbocycles. The molecule has 0 amide bonds. The average Bonchev–Trinajstić information content (AvgIpc) is 3.17. The van der Waals surface area contributed by atoms with Crippen LogP contribution in [0.15, 0.2) is 24.3 Å². The predicted molar refractivity (Wildman–Crippen MR) is 108 cm³/mol. The number of anilines is 1. The Bertz CT molecular complexity index is 1180. The summed E-state index contributed by atoms with van der Waals surface area (Å²) in [5.41, 5.74) is 4.56. The first-order valence-electron chi connectivity index (χ1n) is 8.96. The van der Waals surface area contributed by atoms with Crippen molar-refractivity contribution in [2.24, 2.45) is 7.05 Å². The molecule has 1 aliphatic heterocycles. The molecule has 4 heterocycles. The highest BCUT2D eigenvalue weighted by molar-refractivity contribution is 7.26. The third kappa shape index (κ3) is 2.70. The number of aromatic nitrogens is 3. The zero-order chi connectivity index (χ0) is 18.5. The van der Waals surface area contributed by atoms with Gasteiger partial charge in [-0.15, -0.1) is 11.3 Å². The van der Waals surface area contributed by atoms with Gasteiger partial charge in [-0.3, -0.25) is 4.68 Å².